The highest BCUT2D eigenvalue weighted by Gasteiger charge is 2.30. The third-order valence-corrected chi connectivity index (χ3v) is 7.56. The SMILES string of the molecule is CC(C)(C)OC(=O)N[C@H]1CCN(C(=O)c2cc3cc(NCC(=O)N4CCc5cc(Cl)ccc5C4)c(F)cc3c(=O)[nH]2)C1. The van der Waals surface area contributed by atoms with Gasteiger partial charge in [-0.05, 0) is 80.5 Å². The maximum absolute atomic E-state index is 14.9. The van der Waals surface area contributed by atoms with Gasteiger partial charge >= 0.3 is 6.09 Å². The number of halogens is 2. The first kappa shape index (κ1) is 29.4. The number of fused-ring (bicyclic) bond motifs is 2. The molecule has 5 rings (SSSR count). The molecule has 3 N–H and O–H groups in total. The van der Waals surface area contributed by atoms with Crippen molar-refractivity contribution < 1.29 is 23.5 Å². The molecule has 222 valence electrons. The number of nitrogens with zero attached hydrogens (tertiary/aromatic N) is 2. The highest BCUT2D eigenvalue weighted by molar-refractivity contribution is 6.30. The van der Waals surface area contributed by atoms with Crippen LogP contribution >= 0.6 is 11.6 Å². The number of alkyl carbamates (subject to hydrolysis) is 1. The van der Waals surface area contributed by atoms with Gasteiger partial charge in [-0.1, -0.05) is 17.7 Å². The van der Waals surface area contributed by atoms with Crippen LogP contribution in [-0.4, -0.2) is 70.5 Å². The molecule has 1 atom stereocenters. The Morgan fingerprint density at radius 1 is 1.10 bits per heavy atom. The van der Waals surface area contributed by atoms with Crippen LogP contribution in [0, 0.1) is 5.82 Å². The van der Waals surface area contributed by atoms with E-state index in [0.29, 0.717) is 42.9 Å². The van der Waals surface area contributed by atoms with Gasteiger partial charge in [-0.3, -0.25) is 14.4 Å². The lowest BCUT2D eigenvalue weighted by molar-refractivity contribution is -0.130. The lowest BCUT2D eigenvalue weighted by Gasteiger charge is -2.29. The van der Waals surface area contributed by atoms with Gasteiger partial charge in [0.1, 0.15) is 17.1 Å². The molecule has 2 aliphatic heterocycles. The van der Waals surface area contributed by atoms with Gasteiger partial charge in [0.05, 0.1) is 23.7 Å². The summed E-state index contributed by atoms with van der Waals surface area (Å²) >= 11 is 6.07. The standard InChI is InChI=1S/C30H33ClFN5O5/c1-30(2,3)42-29(41)34-21-7-9-37(16-21)28(40)25-12-19-11-24(23(32)13-22(19)27(39)35-25)33-14-26(38)36-8-6-17-10-20(31)5-4-18(17)15-36/h4-5,10-13,21,33H,6-9,14-16H2,1-3H3,(H,34,41)(H,35,39)/t21-/m0/s1. The summed E-state index contributed by atoms with van der Waals surface area (Å²) in [6.45, 7) is 6.77. The fraction of sp³-hybridized carbons (Fsp3) is 0.400. The van der Waals surface area contributed by atoms with Gasteiger partial charge in [0.15, 0.2) is 0 Å². The summed E-state index contributed by atoms with van der Waals surface area (Å²) in [6, 6.07) is 9.33. The number of aromatic nitrogens is 1. The van der Waals surface area contributed by atoms with E-state index in [1.54, 1.807) is 31.7 Å². The number of hydrogen-bond donors (Lipinski definition) is 3. The highest BCUT2D eigenvalue weighted by Crippen LogP contribution is 2.25. The van der Waals surface area contributed by atoms with Gasteiger partial charge in [-0.15, -0.1) is 0 Å². The van der Waals surface area contributed by atoms with E-state index in [1.165, 1.54) is 17.0 Å². The molecular formula is C30H33ClFN5O5. The molecule has 42 heavy (non-hydrogen) atoms. The van der Waals surface area contributed by atoms with Crippen molar-refractivity contribution >= 4 is 46.0 Å². The van der Waals surface area contributed by atoms with Crippen LogP contribution in [0.5, 0.6) is 0 Å². The van der Waals surface area contributed by atoms with E-state index in [1.807, 2.05) is 12.1 Å². The summed E-state index contributed by atoms with van der Waals surface area (Å²) in [4.78, 5) is 56.8. The second-order valence-electron chi connectivity index (χ2n) is 11.6. The minimum atomic E-state index is -0.686. The first-order chi connectivity index (χ1) is 19.9. The second kappa shape index (κ2) is 11.6. The fourth-order valence-electron chi connectivity index (χ4n) is 5.26. The number of rotatable bonds is 5. The van der Waals surface area contributed by atoms with E-state index in [2.05, 4.69) is 15.6 Å². The monoisotopic (exact) mass is 597 g/mol. The fourth-order valence-corrected chi connectivity index (χ4v) is 5.46. The average molecular weight is 598 g/mol. The zero-order valence-corrected chi connectivity index (χ0v) is 24.4. The predicted molar refractivity (Wildman–Crippen MR) is 157 cm³/mol. The Bertz CT molecular complexity index is 1620. The zero-order chi connectivity index (χ0) is 30.2. The van der Waals surface area contributed by atoms with Gasteiger partial charge in [-0.25, -0.2) is 9.18 Å². The Labute approximate surface area is 247 Å². The van der Waals surface area contributed by atoms with Crippen molar-refractivity contribution in [2.24, 2.45) is 0 Å². The third-order valence-electron chi connectivity index (χ3n) is 7.32. The highest BCUT2D eigenvalue weighted by atomic mass is 35.5. The largest absolute Gasteiger partial charge is 0.444 e. The minimum absolute atomic E-state index is 0.0474. The van der Waals surface area contributed by atoms with Crippen molar-refractivity contribution in [3.05, 3.63) is 74.4 Å². The lowest BCUT2D eigenvalue weighted by Crippen LogP contribution is -2.41. The quantitative estimate of drug-likeness (QED) is 0.408. The number of likely N-dealkylation sites (tertiary alicyclic amines) is 1. The number of benzene rings is 2. The third kappa shape index (κ3) is 6.67. The van der Waals surface area contributed by atoms with Crippen LogP contribution in [0.15, 0.2) is 41.2 Å². The molecule has 0 spiro atoms. The summed E-state index contributed by atoms with van der Waals surface area (Å²) < 4.78 is 20.2. The van der Waals surface area contributed by atoms with Crippen molar-refractivity contribution in [2.75, 3.05) is 31.5 Å². The van der Waals surface area contributed by atoms with Crippen LogP contribution in [0.4, 0.5) is 14.9 Å². The van der Waals surface area contributed by atoms with Crippen molar-refractivity contribution in [3.8, 4) is 0 Å². The Kier molecular flexibility index (Phi) is 8.14. The Balaban J connectivity index is 1.25. The van der Waals surface area contributed by atoms with Gasteiger partial charge < -0.3 is 30.2 Å². The summed E-state index contributed by atoms with van der Waals surface area (Å²) in [7, 11) is 0. The number of carbonyl (C=O) groups is 3. The summed E-state index contributed by atoms with van der Waals surface area (Å²) in [5, 5.41) is 6.71. The number of anilines is 1. The number of ether oxygens (including phenoxy) is 1. The molecule has 2 aliphatic rings. The van der Waals surface area contributed by atoms with Crippen LogP contribution in [0.2, 0.25) is 5.02 Å². The van der Waals surface area contributed by atoms with Crippen LogP contribution in [0.25, 0.3) is 10.8 Å². The number of nitrogens with one attached hydrogen (secondary N) is 3. The number of H-pyrrole nitrogens is 1. The number of amides is 3. The van der Waals surface area contributed by atoms with E-state index in [4.69, 9.17) is 16.3 Å². The van der Waals surface area contributed by atoms with Gasteiger partial charge in [-0.2, -0.15) is 0 Å². The molecule has 3 amide bonds. The maximum atomic E-state index is 14.9. The van der Waals surface area contributed by atoms with Gasteiger partial charge in [0, 0.05) is 31.2 Å². The van der Waals surface area contributed by atoms with Crippen molar-refractivity contribution in [1.29, 1.82) is 0 Å². The molecule has 0 radical (unpaired) electrons. The van der Waals surface area contributed by atoms with Crippen LogP contribution < -0.4 is 16.2 Å². The topological polar surface area (TPSA) is 124 Å². The maximum Gasteiger partial charge on any atom is 0.407 e. The summed E-state index contributed by atoms with van der Waals surface area (Å²) in [5.74, 6) is -1.29. The Morgan fingerprint density at radius 3 is 2.64 bits per heavy atom. The molecule has 1 saturated heterocycles. The van der Waals surface area contributed by atoms with E-state index < -0.39 is 29.0 Å². The van der Waals surface area contributed by atoms with Crippen molar-refractivity contribution in [3.63, 3.8) is 0 Å². The Hall–Kier alpha value is -4.12. The molecule has 1 aromatic heterocycles. The van der Waals surface area contributed by atoms with Crippen LogP contribution in [0.3, 0.4) is 0 Å². The molecule has 0 saturated carbocycles. The zero-order valence-electron chi connectivity index (χ0n) is 23.7. The average Bonchev–Trinajstić information content (AvgIpc) is 3.38. The minimum Gasteiger partial charge on any atom is -0.444 e. The van der Waals surface area contributed by atoms with E-state index >= 15 is 0 Å². The molecule has 3 aromatic rings. The van der Waals surface area contributed by atoms with E-state index in [9.17, 15) is 23.6 Å². The molecule has 0 aliphatic carbocycles. The predicted octanol–water partition coefficient (Wildman–Crippen LogP) is 4.06. The lowest BCUT2D eigenvalue weighted by atomic mass is 10.00. The molecule has 1 fully saturated rings. The smallest absolute Gasteiger partial charge is 0.407 e. The number of hydrogen-bond acceptors (Lipinski definition) is 6. The molecule has 0 unspecified atom stereocenters. The normalized spacial score (nSPS) is 16.7. The second-order valence-corrected chi connectivity index (χ2v) is 12.1. The van der Waals surface area contributed by atoms with Crippen molar-refractivity contribution in [1.82, 2.24) is 20.1 Å². The van der Waals surface area contributed by atoms with Crippen LogP contribution in [0.1, 0.15) is 48.8 Å². The van der Waals surface area contributed by atoms with E-state index in [-0.39, 0.29) is 41.8 Å². The summed E-state index contributed by atoms with van der Waals surface area (Å²) in [6.07, 6.45) is 0.656. The van der Waals surface area contributed by atoms with Gasteiger partial charge in [0.25, 0.3) is 11.5 Å². The molecule has 12 heteroatoms. The molecule has 3 heterocycles. The van der Waals surface area contributed by atoms with E-state index in [0.717, 1.165) is 17.2 Å². The van der Waals surface area contributed by atoms with Crippen LogP contribution in [-0.2, 0) is 22.5 Å². The van der Waals surface area contributed by atoms with Gasteiger partial charge in [0.2, 0.25) is 5.91 Å². The Morgan fingerprint density at radius 2 is 1.88 bits per heavy atom. The molecule has 10 nitrogen and oxygen atoms in total. The first-order valence-electron chi connectivity index (χ1n) is 13.8. The summed E-state index contributed by atoms with van der Waals surface area (Å²) in [5.41, 5.74) is 0.986. The molecular weight excluding hydrogens is 565 g/mol. The van der Waals surface area contributed by atoms with Crippen molar-refractivity contribution in [2.45, 2.75) is 51.8 Å². The number of carbonyl (C=O) groups excluding carboxylic acids is 3. The number of aromatic amines is 1. The number of pyridine rings is 1. The first-order valence-corrected chi connectivity index (χ1v) is 14.2. The molecule has 2 aromatic carbocycles. The molecule has 0 bridgehead atoms.